The number of carbonyl (C=O) groups is 2. The number of amides is 2. The summed E-state index contributed by atoms with van der Waals surface area (Å²) in [6.45, 7) is 5.07. The number of hydrogen-bond acceptors (Lipinski definition) is 3. The number of rotatable bonds is 6. The first-order valence-corrected chi connectivity index (χ1v) is 10.8. The van der Waals surface area contributed by atoms with E-state index in [1.807, 2.05) is 0 Å². The van der Waals surface area contributed by atoms with Crippen LogP contribution in [0.2, 0.25) is 0 Å². The third-order valence-electron chi connectivity index (χ3n) is 5.53. The van der Waals surface area contributed by atoms with Gasteiger partial charge in [-0.15, -0.1) is 0 Å². The molecule has 1 aromatic rings. The van der Waals surface area contributed by atoms with Crippen LogP contribution in [0.5, 0.6) is 0 Å². The van der Waals surface area contributed by atoms with E-state index in [4.69, 9.17) is 0 Å². The molecular weight excluding hydrogens is 344 g/mol. The fourth-order valence-electron chi connectivity index (χ4n) is 4.01. The molecule has 4 nitrogen and oxygen atoms in total. The van der Waals surface area contributed by atoms with Crippen molar-refractivity contribution in [3.8, 4) is 0 Å². The van der Waals surface area contributed by atoms with Crippen LogP contribution in [0.4, 0.5) is 4.79 Å². The lowest BCUT2D eigenvalue weighted by atomic mass is 9.83. The molecule has 2 fully saturated rings. The van der Waals surface area contributed by atoms with Gasteiger partial charge in [0.25, 0.3) is 5.24 Å². The number of hydrogen-bond donors (Lipinski definition) is 1. The van der Waals surface area contributed by atoms with E-state index in [2.05, 4.69) is 43.4 Å². The van der Waals surface area contributed by atoms with Gasteiger partial charge in [0.1, 0.15) is 6.54 Å². The lowest BCUT2D eigenvalue weighted by Gasteiger charge is -2.26. The molecule has 1 aromatic carbocycles. The molecule has 142 valence electrons. The minimum atomic E-state index is -0.0732. The molecule has 0 radical (unpaired) electrons. The second-order valence-corrected chi connectivity index (χ2v) is 8.87. The molecule has 1 N–H and O–H groups in total. The summed E-state index contributed by atoms with van der Waals surface area (Å²) >= 11 is 1.29. The molecule has 2 amide bonds. The predicted octanol–water partition coefficient (Wildman–Crippen LogP) is 4.72. The maximum absolute atomic E-state index is 12.4. The summed E-state index contributed by atoms with van der Waals surface area (Å²) < 4.78 is 0. The van der Waals surface area contributed by atoms with Crippen LogP contribution in [0, 0.1) is 5.92 Å². The van der Waals surface area contributed by atoms with Gasteiger partial charge in [-0.1, -0.05) is 69.1 Å². The lowest BCUT2D eigenvalue weighted by Crippen LogP contribution is -2.40. The summed E-state index contributed by atoms with van der Waals surface area (Å²) in [6.07, 6.45) is 6.64. The molecule has 3 rings (SSSR count). The van der Waals surface area contributed by atoms with Crippen LogP contribution in [0.1, 0.15) is 69.0 Å². The van der Waals surface area contributed by atoms with Gasteiger partial charge in [-0.3, -0.25) is 9.59 Å². The smallest absolute Gasteiger partial charge is 0.282 e. The Kier molecular flexibility index (Phi) is 6.63. The highest BCUT2D eigenvalue weighted by molar-refractivity contribution is 8.13. The van der Waals surface area contributed by atoms with Crippen LogP contribution in [0.3, 0.4) is 0 Å². The van der Waals surface area contributed by atoms with Crippen molar-refractivity contribution < 1.29 is 9.59 Å². The molecule has 0 unspecified atom stereocenters. The van der Waals surface area contributed by atoms with Gasteiger partial charge in [0.15, 0.2) is 0 Å². The van der Waals surface area contributed by atoms with E-state index in [0.717, 1.165) is 11.3 Å². The van der Waals surface area contributed by atoms with E-state index in [1.165, 1.54) is 49.4 Å². The summed E-state index contributed by atoms with van der Waals surface area (Å²) in [5.41, 5.74) is 2.58. The van der Waals surface area contributed by atoms with E-state index in [1.54, 1.807) is 4.90 Å². The summed E-state index contributed by atoms with van der Waals surface area (Å²) in [4.78, 5) is 25.8. The third kappa shape index (κ3) is 4.81. The lowest BCUT2D eigenvalue weighted by molar-refractivity contribution is -0.122. The van der Waals surface area contributed by atoms with Crippen LogP contribution < -0.4 is 5.32 Å². The molecule has 1 heterocycles. The Hall–Kier alpha value is -1.49. The van der Waals surface area contributed by atoms with Gasteiger partial charge in [0, 0.05) is 12.3 Å². The van der Waals surface area contributed by atoms with Crippen LogP contribution in [-0.4, -0.2) is 34.9 Å². The van der Waals surface area contributed by atoms with Gasteiger partial charge < -0.3 is 10.2 Å². The maximum Gasteiger partial charge on any atom is 0.282 e. The second kappa shape index (κ2) is 8.94. The average molecular weight is 375 g/mol. The van der Waals surface area contributed by atoms with E-state index >= 15 is 0 Å². The standard InChI is InChI=1S/C21H30N2O2S/c1-15(2)20(22-19(24)14-23-12-13-26-21(23)25)18-10-8-17(9-11-18)16-6-4-3-5-7-16/h8-11,15-16,20H,3-7,12-14H2,1-2H3,(H,22,24)/t20-/m0/s1. The summed E-state index contributed by atoms with van der Waals surface area (Å²) in [5.74, 6) is 1.70. The van der Waals surface area contributed by atoms with Gasteiger partial charge in [0.2, 0.25) is 5.91 Å². The molecule has 1 saturated heterocycles. The molecule has 5 heteroatoms. The van der Waals surface area contributed by atoms with Crippen LogP contribution in [-0.2, 0) is 4.79 Å². The first kappa shape index (κ1) is 19.3. The van der Waals surface area contributed by atoms with Gasteiger partial charge in [-0.05, 0) is 35.8 Å². The van der Waals surface area contributed by atoms with E-state index in [0.29, 0.717) is 18.4 Å². The topological polar surface area (TPSA) is 49.4 Å². The highest BCUT2D eigenvalue weighted by Gasteiger charge is 2.25. The monoisotopic (exact) mass is 374 g/mol. The Labute approximate surface area is 161 Å². The molecule has 0 aromatic heterocycles. The van der Waals surface area contributed by atoms with Crippen molar-refractivity contribution in [1.29, 1.82) is 0 Å². The number of nitrogens with one attached hydrogen (secondary N) is 1. The molecule has 1 aliphatic carbocycles. The fourth-order valence-corrected chi connectivity index (χ4v) is 4.83. The van der Waals surface area contributed by atoms with Crippen molar-refractivity contribution in [2.24, 2.45) is 5.92 Å². The van der Waals surface area contributed by atoms with E-state index < -0.39 is 0 Å². The Morgan fingerprint density at radius 3 is 2.46 bits per heavy atom. The van der Waals surface area contributed by atoms with Crippen molar-refractivity contribution in [3.05, 3.63) is 35.4 Å². The molecule has 0 spiro atoms. The van der Waals surface area contributed by atoms with Crippen molar-refractivity contribution in [3.63, 3.8) is 0 Å². The molecule has 1 atom stereocenters. The summed E-state index contributed by atoms with van der Waals surface area (Å²) in [7, 11) is 0. The second-order valence-electron chi connectivity index (χ2n) is 7.83. The molecule has 0 bridgehead atoms. The molecule has 1 saturated carbocycles. The highest BCUT2D eigenvalue weighted by Crippen LogP contribution is 2.33. The first-order valence-electron chi connectivity index (χ1n) is 9.85. The summed E-state index contributed by atoms with van der Waals surface area (Å²) in [5, 5.41) is 3.15. The van der Waals surface area contributed by atoms with Gasteiger partial charge in [-0.25, -0.2) is 0 Å². The van der Waals surface area contributed by atoms with Crippen molar-refractivity contribution in [2.45, 2.75) is 57.9 Å². The number of carbonyl (C=O) groups excluding carboxylic acids is 2. The SMILES string of the molecule is CC(C)[C@H](NC(=O)CN1CCSC1=O)c1ccc(C2CCCCC2)cc1. The van der Waals surface area contributed by atoms with Crippen molar-refractivity contribution in [2.75, 3.05) is 18.8 Å². The molecular formula is C21H30N2O2S. The number of benzene rings is 1. The van der Waals surface area contributed by atoms with Crippen molar-refractivity contribution >= 4 is 22.9 Å². The predicted molar refractivity (Wildman–Crippen MR) is 107 cm³/mol. The van der Waals surface area contributed by atoms with Crippen LogP contribution in [0.15, 0.2) is 24.3 Å². The minimum Gasteiger partial charge on any atom is -0.347 e. The van der Waals surface area contributed by atoms with Gasteiger partial charge in [-0.2, -0.15) is 0 Å². The largest absolute Gasteiger partial charge is 0.347 e. The van der Waals surface area contributed by atoms with Crippen molar-refractivity contribution in [1.82, 2.24) is 10.2 Å². The Balaban J connectivity index is 1.63. The number of nitrogens with zero attached hydrogens (tertiary/aromatic N) is 1. The Morgan fingerprint density at radius 1 is 1.19 bits per heavy atom. The minimum absolute atomic E-state index is 0.0121. The zero-order chi connectivity index (χ0) is 18.5. The maximum atomic E-state index is 12.4. The Morgan fingerprint density at radius 2 is 1.88 bits per heavy atom. The summed E-state index contributed by atoms with van der Waals surface area (Å²) in [6, 6.07) is 8.81. The molecule has 26 heavy (non-hydrogen) atoms. The quantitative estimate of drug-likeness (QED) is 0.784. The normalized spacial score (nSPS) is 19.8. The fraction of sp³-hybridized carbons (Fsp3) is 0.619. The van der Waals surface area contributed by atoms with Gasteiger partial charge in [0.05, 0.1) is 6.04 Å². The van der Waals surface area contributed by atoms with E-state index in [9.17, 15) is 9.59 Å². The highest BCUT2D eigenvalue weighted by atomic mass is 32.2. The van der Waals surface area contributed by atoms with Gasteiger partial charge >= 0.3 is 0 Å². The molecule has 1 aliphatic heterocycles. The van der Waals surface area contributed by atoms with Crippen LogP contribution >= 0.6 is 11.8 Å². The zero-order valence-electron chi connectivity index (χ0n) is 15.9. The zero-order valence-corrected chi connectivity index (χ0v) is 16.7. The molecule has 2 aliphatic rings. The van der Waals surface area contributed by atoms with Crippen LogP contribution in [0.25, 0.3) is 0 Å². The average Bonchev–Trinajstić information content (AvgIpc) is 3.05. The third-order valence-corrected chi connectivity index (χ3v) is 6.43. The Bertz CT molecular complexity index is 623. The number of thioether (sulfide) groups is 1. The van der Waals surface area contributed by atoms with E-state index in [-0.39, 0.29) is 23.7 Å². The first-order chi connectivity index (χ1) is 12.5.